The van der Waals surface area contributed by atoms with Gasteiger partial charge in [0.15, 0.2) is 0 Å². The van der Waals surface area contributed by atoms with Crippen LogP contribution in [0.3, 0.4) is 0 Å². The first kappa shape index (κ1) is 15.5. The summed E-state index contributed by atoms with van der Waals surface area (Å²) in [4.78, 5) is 0.445. The Balaban J connectivity index is 2.26. The Morgan fingerprint density at radius 2 is 1.75 bits per heavy atom. The average molecular weight is 296 g/mol. The molecule has 2 rings (SSSR count). The molecule has 0 spiro atoms. The Morgan fingerprint density at radius 3 is 2.40 bits per heavy atom. The number of benzene rings is 1. The predicted octanol–water partition coefficient (Wildman–Crippen LogP) is 2.03. The van der Waals surface area contributed by atoms with Crippen LogP contribution >= 0.6 is 0 Å². The fraction of sp³-hybridized carbons (Fsp3) is 0.600. The first-order valence-corrected chi connectivity index (χ1v) is 8.69. The molecule has 1 unspecified atom stereocenters. The van der Waals surface area contributed by atoms with Gasteiger partial charge in [-0.25, -0.2) is 13.1 Å². The lowest BCUT2D eigenvalue weighted by Crippen LogP contribution is -2.36. The van der Waals surface area contributed by atoms with Gasteiger partial charge in [-0.3, -0.25) is 0 Å². The van der Waals surface area contributed by atoms with Gasteiger partial charge < -0.3 is 5.32 Å². The van der Waals surface area contributed by atoms with Gasteiger partial charge in [-0.15, -0.1) is 0 Å². The highest BCUT2D eigenvalue weighted by Crippen LogP contribution is 2.22. The minimum absolute atomic E-state index is 0.0371. The molecule has 1 fully saturated rings. The van der Waals surface area contributed by atoms with Crippen molar-refractivity contribution in [2.24, 2.45) is 0 Å². The summed E-state index contributed by atoms with van der Waals surface area (Å²) in [6.45, 7) is 7.56. The van der Waals surface area contributed by atoms with Gasteiger partial charge in [0.05, 0.1) is 4.90 Å². The number of sulfonamides is 1. The number of nitrogens with one attached hydrogen (secondary N) is 2. The summed E-state index contributed by atoms with van der Waals surface area (Å²) in [7, 11) is -3.43. The summed E-state index contributed by atoms with van der Waals surface area (Å²) in [6.07, 6.45) is 2.76. The molecule has 0 radical (unpaired) electrons. The molecule has 5 heteroatoms. The van der Waals surface area contributed by atoms with Gasteiger partial charge >= 0.3 is 0 Å². The Bertz CT molecular complexity index is 551. The van der Waals surface area contributed by atoms with Crippen molar-refractivity contribution < 1.29 is 8.42 Å². The zero-order valence-electron chi connectivity index (χ0n) is 12.5. The van der Waals surface area contributed by atoms with Gasteiger partial charge in [0.1, 0.15) is 0 Å². The van der Waals surface area contributed by atoms with Crippen LogP contribution in [-0.2, 0) is 10.0 Å². The van der Waals surface area contributed by atoms with Gasteiger partial charge in [-0.05, 0) is 64.3 Å². The molecule has 1 atom stereocenters. The average Bonchev–Trinajstić information content (AvgIpc) is 2.54. The second-order valence-electron chi connectivity index (χ2n) is 5.73. The third-order valence-corrected chi connectivity index (χ3v) is 5.60. The fourth-order valence-corrected chi connectivity index (χ4v) is 4.76. The van der Waals surface area contributed by atoms with E-state index < -0.39 is 10.0 Å². The van der Waals surface area contributed by atoms with E-state index in [9.17, 15) is 8.42 Å². The van der Waals surface area contributed by atoms with E-state index >= 15 is 0 Å². The standard InChI is InChI=1S/C15H24N2O2S/c1-11-9-12(2)15(13(3)10-11)20(18,19)17-14-5-4-7-16-8-6-14/h9-10,14,16-17H,4-8H2,1-3H3. The normalized spacial score (nSPS) is 20.6. The molecular formula is C15H24N2O2S. The highest BCUT2D eigenvalue weighted by Gasteiger charge is 2.24. The fourth-order valence-electron chi connectivity index (χ4n) is 3.01. The zero-order valence-corrected chi connectivity index (χ0v) is 13.3. The molecule has 0 bridgehead atoms. The second kappa shape index (κ2) is 6.24. The first-order valence-electron chi connectivity index (χ1n) is 7.21. The minimum Gasteiger partial charge on any atom is -0.317 e. The van der Waals surface area contributed by atoms with Crippen LogP contribution < -0.4 is 10.0 Å². The Morgan fingerprint density at radius 1 is 1.10 bits per heavy atom. The highest BCUT2D eigenvalue weighted by atomic mass is 32.2. The van der Waals surface area contributed by atoms with Gasteiger partial charge in [0, 0.05) is 6.04 Å². The van der Waals surface area contributed by atoms with Gasteiger partial charge in [0.25, 0.3) is 0 Å². The van der Waals surface area contributed by atoms with Crippen LogP contribution in [0.15, 0.2) is 17.0 Å². The summed E-state index contributed by atoms with van der Waals surface area (Å²) in [6, 6.07) is 3.89. The molecular weight excluding hydrogens is 272 g/mol. The Hall–Kier alpha value is -0.910. The Kier molecular flexibility index (Phi) is 4.83. The molecule has 1 aliphatic rings. The molecule has 112 valence electrons. The van der Waals surface area contributed by atoms with E-state index in [2.05, 4.69) is 10.0 Å². The first-order chi connectivity index (χ1) is 9.40. The second-order valence-corrected chi connectivity index (χ2v) is 7.38. The van der Waals surface area contributed by atoms with Gasteiger partial charge in [-0.1, -0.05) is 17.7 Å². The molecule has 0 aromatic heterocycles. The number of hydrogen-bond donors (Lipinski definition) is 2. The molecule has 0 saturated carbocycles. The molecule has 20 heavy (non-hydrogen) atoms. The van der Waals surface area contributed by atoms with Crippen LogP contribution in [0.25, 0.3) is 0 Å². The molecule has 0 aliphatic carbocycles. The SMILES string of the molecule is Cc1cc(C)c(S(=O)(=O)NC2CCCNCC2)c(C)c1. The summed E-state index contributed by atoms with van der Waals surface area (Å²) in [5.74, 6) is 0. The maximum absolute atomic E-state index is 12.6. The van der Waals surface area contributed by atoms with Crippen LogP contribution in [0.2, 0.25) is 0 Å². The Labute approximate surface area is 122 Å². The van der Waals surface area contributed by atoms with Crippen molar-refractivity contribution in [3.8, 4) is 0 Å². The van der Waals surface area contributed by atoms with Crippen molar-refractivity contribution in [1.29, 1.82) is 0 Å². The number of rotatable bonds is 3. The molecule has 4 nitrogen and oxygen atoms in total. The van der Waals surface area contributed by atoms with E-state index in [4.69, 9.17) is 0 Å². The van der Waals surface area contributed by atoms with Crippen molar-refractivity contribution in [1.82, 2.24) is 10.0 Å². The monoisotopic (exact) mass is 296 g/mol. The summed E-state index contributed by atoms with van der Waals surface area (Å²) >= 11 is 0. The number of hydrogen-bond acceptors (Lipinski definition) is 3. The van der Waals surface area contributed by atoms with Crippen molar-refractivity contribution in [2.75, 3.05) is 13.1 Å². The molecule has 1 heterocycles. The molecule has 2 N–H and O–H groups in total. The van der Waals surface area contributed by atoms with E-state index in [1.54, 1.807) is 0 Å². The zero-order chi connectivity index (χ0) is 14.8. The number of aryl methyl sites for hydroxylation is 3. The van der Waals surface area contributed by atoms with Crippen molar-refractivity contribution in [3.63, 3.8) is 0 Å². The van der Waals surface area contributed by atoms with Crippen LogP contribution in [-0.4, -0.2) is 27.5 Å². The van der Waals surface area contributed by atoms with Crippen LogP contribution in [0.4, 0.5) is 0 Å². The molecule has 1 aromatic rings. The van der Waals surface area contributed by atoms with Gasteiger partial charge in [-0.2, -0.15) is 0 Å². The van der Waals surface area contributed by atoms with E-state index in [0.717, 1.165) is 49.0 Å². The van der Waals surface area contributed by atoms with E-state index in [1.807, 2.05) is 32.9 Å². The van der Waals surface area contributed by atoms with E-state index in [0.29, 0.717) is 4.90 Å². The smallest absolute Gasteiger partial charge is 0.241 e. The van der Waals surface area contributed by atoms with Crippen LogP contribution in [0.1, 0.15) is 36.0 Å². The molecule has 1 saturated heterocycles. The molecule has 0 amide bonds. The van der Waals surface area contributed by atoms with Crippen molar-refractivity contribution in [2.45, 2.75) is 51.0 Å². The predicted molar refractivity (Wildman–Crippen MR) is 81.5 cm³/mol. The lowest BCUT2D eigenvalue weighted by atomic mass is 10.1. The van der Waals surface area contributed by atoms with E-state index in [-0.39, 0.29) is 6.04 Å². The van der Waals surface area contributed by atoms with Crippen molar-refractivity contribution >= 4 is 10.0 Å². The summed E-state index contributed by atoms with van der Waals surface area (Å²) in [5, 5.41) is 3.30. The maximum atomic E-state index is 12.6. The minimum atomic E-state index is -3.43. The summed E-state index contributed by atoms with van der Waals surface area (Å²) < 4.78 is 28.2. The molecule has 1 aliphatic heterocycles. The lowest BCUT2D eigenvalue weighted by Gasteiger charge is -2.19. The molecule has 1 aromatic carbocycles. The van der Waals surface area contributed by atoms with Crippen molar-refractivity contribution in [3.05, 3.63) is 28.8 Å². The van der Waals surface area contributed by atoms with Crippen LogP contribution in [0.5, 0.6) is 0 Å². The third-order valence-electron chi connectivity index (χ3n) is 3.77. The third kappa shape index (κ3) is 3.59. The van der Waals surface area contributed by atoms with E-state index in [1.165, 1.54) is 0 Å². The van der Waals surface area contributed by atoms with Gasteiger partial charge in [0.2, 0.25) is 10.0 Å². The maximum Gasteiger partial charge on any atom is 0.241 e. The quantitative estimate of drug-likeness (QED) is 0.897. The van der Waals surface area contributed by atoms with Crippen LogP contribution in [0, 0.1) is 20.8 Å². The summed E-state index contributed by atoms with van der Waals surface area (Å²) in [5.41, 5.74) is 2.74. The lowest BCUT2D eigenvalue weighted by molar-refractivity contribution is 0.517. The highest BCUT2D eigenvalue weighted by molar-refractivity contribution is 7.89. The topological polar surface area (TPSA) is 58.2 Å². The largest absolute Gasteiger partial charge is 0.317 e.